The van der Waals surface area contributed by atoms with Crippen LogP contribution in [0.25, 0.3) is 0 Å². The summed E-state index contributed by atoms with van der Waals surface area (Å²) < 4.78 is 16.1. The lowest BCUT2D eigenvalue weighted by atomic mass is 9.96. The van der Waals surface area contributed by atoms with Crippen LogP contribution in [0.2, 0.25) is 0 Å². The number of benzene rings is 1. The topological polar surface area (TPSA) is 57.1 Å². The number of aliphatic imine (C=N–C) groups is 1. The van der Waals surface area contributed by atoms with Crippen LogP contribution in [0, 0.1) is 0 Å². The molecular weight excluding hydrogens is 234 g/mol. The van der Waals surface area contributed by atoms with E-state index < -0.39 is 5.54 Å². The molecule has 0 atom stereocenters. The van der Waals surface area contributed by atoms with Gasteiger partial charge < -0.3 is 14.2 Å². The first-order chi connectivity index (χ1) is 8.80. The second-order valence-electron chi connectivity index (χ2n) is 4.46. The van der Waals surface area contributed by atoms with E-state index in [9.17, 15) is 4.79 Å². The summed E-state index contributed by atoms with van der Waals surface area (Å²) in [5, 5.41) is 0. The molecular formula is C13H13NO4. The zero-order chi connectivity index (χ0) is 12.6. The molecule has 1 aliphatic heterocycles. The summed E-state index contributed by atoms with van der Waals surface area (Å²) in [5.74, 6) is 1.50. The Kier molecular flexibility index (Phi) is 2.58. The Bertz CT molecular complexity index is 530. The highest BCUT2D eigenvalue weighted by molar-refractivity contribution is 5.56. The molecule has 1 aliphatic carbocycles. The molecule has 0 bridgehead atoms. The predicted molar refractivity (Wildman–Crippen MR) is 62.3 cm³/mol. The Labute approximate surface area is 104 Å². The van der Waals surface area contributed by atoms with E-state index >= 15 is 0 Å². The Morgan fingerprint density at radius 1 is 1.44 bits per heavy atom. The maximum Gasteiger partial charge on any atom is 0.235 e. The summed E-state index contributed by atoms with van der Waals surface area (Å²) in [5.41, 5.74) is 1.35. The van der Waals surface area contributed by atoms with Gasteiger partial charge in [-0.1, -0.05) is 0 Å². The lowest BCUT2D eigenvalue weighted by Crippen LogP contribution is -2.17. The van der Waals surface area contributed by atoms with Gasteiger partial charge in [0.05, 0.1) is 13.7 Å². The van der Waals surface area contributed by atoms with Gasteiger partial charge in [0, 0.05) is 11.1 Å². The molecule has 0 saturated heterocycles. The van der Waals surface area contributed by atoms with Crippen LogP contribution in [0.5, 0.6) is 11.5 Å². The van der Waals surface area contributed by atoms with Crippen molar-refractivity contribution in [2.75, 3.05) is 13.9 Å². The monoisotopic (exact) mass is 247 g/mol. The second-order valence-corrected chi connectivity index (χ2v) is 4.46. The third-order valence-corrected chi connectivity index (χ3v) is 3.44. The first kappa shape index (κ1) is 11.3. The van der Waals surface area contributed by atoms with Crippen LogP contribution >= 0.6 is 0 Å². The highest BCUT2D eigenvalue weighted by Gasteiger charge is 2.49. The standard InChI is InChI=1S/C13H13NO4/c1-16-11-3-2-10-9(6-17-8-18-10)12(11)13(4-5-13)14-7-15/h2-3H,4-6,8H2,1H3. The molecule has 0 spiro atoms. The van der Waals surface area contributed by atoms with Crippen molar-refractivity contribution in [3.8, 4) is 11.5 Å². The number of ether oxygens (including phenoxy) is 3. The number of isocyanates is 1. The van der Waals surface area contributed by atoms with Gasteiger partial charge in [0.25, 0.3) is 0 Å². The fourth-order valence-electron chi connectivity index (χ4n) is 2.44. The number of rotatable bonds is 3. The molecule has 5 heteroatoms. The zero-order valence-electron chi connectivity index (χ0n) is 10.1. The Balaban J connectivity index is 2.19. The SMILES string of the molecule is COc1ccc2c(c1C1(N=C=O)CC1)COCO2. The fourth-order valence-corrected chi connectivity index (χ4v) is 2.44. The van der Waals surface area contributed by atoms with E-state index in [0.29, 0.717) is 6.61 Å². The van der Waals surface area contributed by atoms with Crippen molar-refractivity contribution in [3.63, 3.8) is 0 Å². The van der Waals surface area contributed by atoms with Gasteiger partial charge in [0.15, 0.2) is 6.79 Å². The number of fused-ring (bicyclic) bond motifs is 1. The summed E-state index contributed by atoms with van der Waals surface area (Å²) in [6.45, 7) is 0.709. The normalized spacial score (nSPS) is 19.2. The fraction of sp³-hybridized carbons (Fsp3) is 0.462. The van der Waals surface area contributed by atoms with Gasteiger partial charge in [-0.05, 0) is 25.0 Å². The molecule has 5 nitrogen and oxygen atoms in total. The Hall–Kier alpha value is -1.84. The van der Waals surface area contributed by atoms with Crippen molar-refractivity contribution < 1.29 is 19.0 Å². The number of hydrogen-bond acceptors (Lipinski definition) is 5. The van der Waals surface area contributed by atoms with Crippen LogP contribution in [0.1, 0.15) is 24.0 Å². The van der Waals surface area contributed by atoms with Gasteiger partial charge in [0.1, 0.15) is 17.0 Å². The van der Waals surface area contributed by atoms with Crippen LogP contribution in [-0.2, 0) is 21.7 Å². The van der Waals surface area contributed by atoms with Crippen molar-refractivity contribution in [2.45, 2.75) is 25.0 Å². The molecule has 94 valence electrons. The molecule has 1 fully saturated rings. The average Bonchev–Trinajstić information content (AvgIpc) is 3.18. The minimum absolute atomic E-state index is 0.253. The van der Waals surface area contributed by atoms with Crippen molar-refractivity contribution in [2.24, 2.45) is 4.99 Å². The maximum absolute atomic E-state index is 10.6. The molecule has 2 aliphatic rings. The van der Waals surface area contributed by atoms with E-state index in [1.807, 2.05) is 12.1 Å². The molecule has 3 rings (SSSR count). The largest absolute Gasteiger partial charge is 0.496 e. The highest BCUT2D eigenvalue weighted by Crippen LogP contribution is 2.55. The quantitative estimate of drug-likeness (QED) is 0.604. The van der Waals surface area contributed by atoms with Crippen LogP contribution in [-0.4, -0.2) is 20.0 Å². The Morgan fingerprint density at radius 3 is 2.94 bits per heavy atom. The second kappa shape index (κ2) is 4.12. The molecule has 0 amide bonds. The summed E-state index contributed by atoms with van der Waals surface area (Å²) in [6, 6.07) is 3.71. The summed E-state index contributed by atoms with van der Waals surface area (Å²) in [7, 11) is 1.61. The van der Waals surface area contributed by atoms with Crippen LogP contribution in [0.15, 0.2) is 17.1 Å². The van der Waals surface area contributed by atoms with Gasteiger partial charge in [0.2, 0.25) is 6.08 Å². The van der Waals surface area contributed by atoms with Crippen molar-refractivity contribution in [1.82, 2.24) is 0 Å². The van der Waals surface area contributed by atoms with Gasteiger partial charge in [-0.25, -0.2) is 4.79 Å². The minimum atomic E-state index is -0.484. The van der Waals surface area contributed by atoms with E-state index in [4.69, 9.17) is 14.2 Å². The van der Waals surface area contributed by atoms with Gasteiger partial charge in [-0.3, -0.25) is 0 Å². The lowest BCUT2D eigenvalue weighted by molar-refractivity contribution is -0.0172. The van der Waals surface area contributed by atoms with Crippen molar-refractivity contribution in [1.29, 1.82) is 0 Å². The summed E-state index contributed by atoms with van der Waals surface area (Å²) in [6.07, 6.45) is 3.32. The van der Waals surface area contributed by atoms with Gasteiger partial charge in [-0.2, -0.15) is 4.99 Å². The third-order valence-electron chi connectivity index (χ3n) is 3.44. The number of methoxy groups -OCH3 is 1. The minimum Gasteiger partial charge on any atom is -0.496 e. The van der Waals surface area contributed by atoms with Crippen LogP contribution < -0.4 is 9.47 Å². The van der Waals surface area contributed by atoms with E-state index in [0.717, 1.165) is 35.5 Å². The van der Waals surface area contributed by atoms with E-state index in [-0.39, 0.29) is 6.79 Å². The van der Waals surface area contributed by atoms with Crippen LogP contribution in [0.3, 0.4) is 0 Å². The van der Waals surface area contributed by atoms with E-state index in [1.54, 1.807) is 13.2 Å². The lowest BCUT2D eigenvalue weighted by Gasteiger charge is -2.24. The molecule has 1 aromatic rings. The zero-order valence-corrected chi connectivity index (χ0v) is 10.1. The summed E-state index contributed by atoms with van der Waals surface area (Å²) in [4.78, 5) is 14.6. The molecule has 1 saturated carbocycles. The smallest absolute Gasteiger partial charge is 0.235 e. The van der Waals surface area contributed by atoms with E-state index in [1.165, 1.54) is 0 Å². The number of nitrogens with zero attached hydrogens (tertiary/aromatic N) is 1. The van der Waals surface area contributed by atoms with Gasteiger partial charge in [-0.15, -0.1) is 0 Å². The molecule has 0 aromatic heterocycles. The molecule has 18 heavy (non-hydrogen) atoms. The molecule has 1 aromatic carbocycles. The molecule has 0 radical (unpaired) electrons. The van der Waals surface area contributed by atoms with Crippen molar-refractivity contribution >= 4 is 6.08 Å². The predicted octanol–water partition coefficient (Wildman–Crippen LogP) is 1.89. The third kappa shape index (κ3) is 1.60. The number of hydrogen-bond donors (Lipinski definition) is 0. The number of carbonyl (C=O) groups excluding carboxylic acids is 1. The maximum atomic E-state index is 10.6. The van der Waals surface area contributed by atoms with Crippen molar-refractivity contribution in [3.05, 3.63) is 23.3 Å². The summed E-state index contributed by atoms with van der Waals surface area (Å²) >= 11 is 0. The first-order valence-electron chi connectivity index (χ1n) is 5.81. The highest BCUT2D eigenvalue weighted by atomic mass is 16.7. The van der Waals surface area contributed by atoms with E-state index in [2.05, 4.69) is 4.99 Å². The average molecular weight is 247 g/mol. The molecule has 0 N–H and O–H groups in total. The Morgan fingerprint density at radius 2 is 2.28 bits per heavy atom. The van der Waals surface area contributed by atoms with Crippen LogP contribution in [0.4, 0.5) is 0 Å². The first-order valence-corrected chi connectivity index (χ1v) is 5.81. The van der Waals surface area contributed by atoms with Gasteiger partial charge >= 0.3 is 0 Å². The molecule has 0 unspecified atom stereocenters. The molecule has 1 heterocycles.